The van der Waals surface area contributed by atoms with Gasteiger partial charge in [0.25, 0.3) is 0 Å². The highest BCUT2D eigenvalue weighted by Gasteiger charge is 2.40. The van der Waals surface area contributed by atoms with E-state index in [1.54, 1.807) is 23.9 Å². The number of rotatable bonds is 10. The van der Waals surface area contributed by atoms with Crippen LogP contribution in [-0.4, -0.2) is 59.0 Å². The zero-order chi connectivity index (χ0) is 27.4. The number of amides is 1. The van der Waals surface area contributed by atoms with Gasteiger partial charge in [0.05, 0.1) is 25.6 Å². The molecule has 0 spiro atoms. The molecule has 0 radical (unpaired) electrons. The fourth-order valence-corrected chi connectivity index (χ4v) is 4.04. The van der Waals surface area contributed by atoms with E-state index < -0.39 is 11.7 Å². The van der Waals surface area contributed by atoms with Gasteiger partial charge in [-0.1, -0.05) is 42.5 Å². The molecule has 5 rings (SSSR count). The number of carbonyl (C=O) groups is 1. The lowest BCUT2D eigenvalue weighted by Gasteiger charge is -2.26. The van der Waals surface area contributed by atoms with Gasteiger partial charge in [0.1, 0.15) is 11.4 Å². The van der Waals surface area contributed by atoms with E-state index in [9.17, 15) is 4.79 Å². The lowest BCUT2D eigenvalue weighted by Crippen LogP contribution is -2.42. The second-order valence-corrected chi connectivity index (χ2v) is 10.1. The van der Waals surface area contributed by atoms with Crippen molar-refractivity contribution in [1.82, 2.24) is 19.9 Å². The van der Waals surface area contributed by atoms with Crippen molar-refractivity contribution in [3.05, 3.63) is 78.5 Å². The molecule has 1 aliphatic rings. The Bertz CT molecular complexity index is 1420. The van der Waals surface area contributed by atoms with E-state index in [4.69, 9.17) is 24.0 Å². The minimum atomic E-state index is -0.663. The summed E-state index contributed by atoms with van der Waals surface area (Å²) < 4.78 is 24.2. The number of methoxy groups -OCH3 is 1. The first kappa shape index (κ1) is 26.6. The standard InChI is InChI=1S/C29H33N5O5/c1-29(2,3)39-28(35)33(16-15-30-26-27(38-26)37-19-20-9-6-5-7-10-20)25-14-13-24-31-18-23(34(24)32-25)21-11-8-12-22(17-21)36-4/h5-14,17-18,26-27,30H,15-16,19H2,1-4H3. The highest BCUT2D eigenvalue weighted by atomic mass is 16.8. The van der Waals surface area contributed by atoms with Crippen LogP contribution in [0.5, 0.6) is 5.75 Å². The van der Waals surface area contributed by atoms with Crippen LogP contribution in [0.4, 0.5) is 10.6 Å². The molecule has 0 bridgehead atoms. The number of hydrogen-bond acceptors (Lipinski definition) is 8. The maximum Gasteiger partial charge on any atom is 0.416 e. The fraction of sp³-hybridized carbons (Fsp3) is 0.345. The first-order chi connectivity index (χ1) is 18.8. The van der Waals surface area contributed by atoms with E-state index in [-0.39, 0.29) is 12.5 Å². The van der Waals surface area contributed by atoms with Crippen molar-refractivity contribution in [2.24, 2.45) is 0 Å². The van der Waals surface area contributed by atoms with E-state index in [1.807, 2.05) is 81.4 Å². The molecule has 1 saturated heterocycles. The monoisotopic (exact) mass is 531 g/mol. The molecule has 1 N–H and O–H groups in total. The van der Waals surface area contributed by atoms with Crippen LogP contribution in [-0.2, 0) is 20.8 Å². The first-order valence-corrected chi connectivity index (χ1v) is 12.8. The topological polar surface area (TPSA) is 103 Å². The van der Waals surface area contributed by atoms with E-state index in [1.165, 1.54) is 4.90 Å². The van der Waals surface area contributed by atoms with Crippen LogP contribution in [0.2, 0.25) is 0 Å². The smallest absolute Gasteiger partial charge is 0.416 e. The summed E-state index contributed by atoms with van der Waals surface area (Å²) in [6, 6.07) is 21.2. The van der Waals surface area contributed by atoms with E-state index in [0.29, 0.717) is 31.2 Å². The first-order valence-electron chi connectivity index (χ1n) is 12.8. The number of hydrogen-bond donors (Lipinski definition) is 1. The SMILES string of the molecule is COc1cccc(-c2cnc3ccc(N(CCNC4OC4OCc4ccccc4)C(=O)OC(C)(C)C)nn23)c1. The molecule has 1 fully saturated rings. The maximum absolute atomic E-state index is 13.2. The minimum absolute atomic E-state index is 0.238. The molecular weight excluding hydrogens is 498 g/mol. The third kappa shape index (κ3) is 6.72. The molecular formula is C29H33N5O5. The van der Waals surface area contributed by atoms with Crippen LogP contribution in [0.15, 0.2) is 72.9 Å². The maximum atomic E-state index is 13.2. The lowest BCUT2D eigenvalue weighted by molar-refractivity contribution is 0.0385. The number of nitrogens with one attached hydrogen (secondary N) is 1. The fourth-order valence-electron chi connectivity index (χ4n) is 4.04. The van der Waals surface area contributed by atoms with Gasteiger partial charge in [-0.05, 0) is 50.6 Å². The predicted octanol–water partition coefficient (Wildman–Crippen LogP) is 4.64. The van der Waals surface area contributed by atoms with Gasteiger partial charge in [-0.2, -0.15) is 0 Å². The molecule has 2 unspecified atom stereocenters. The summed E-state index contributed by atoms with van der Waals surface area (Å²) >= 11 is 0. The molecule has 3 heterocycles. The molecule has 1 amide bonds. The summed E-state index contributed by atoms with van der Waals surface area (Å²) in [6.45, 7) is 6.73. The van der Waals surface area contributed by atoms with Crippen LogP contribution >= 0.6 is 0 Å². The molecule has 1 aliphatic heterocycles. The predicted molar refractivity (Wildman–Crippen MR) is 146 cm³/mol. The normalized spacial score (nSPS) is 16.7. The number of carbonyl (C=O) groups excluding carboxylic acids is 1. The lowest BCUT2D eigenvalue weighted by atomic mass is 10.1. The Hall–Kier alpha value is -3.99. The van der Waals surface area contributed by atoms with Gasteiger partial charge < -0.3 is 18.9 Å². The molecule has 2 aromatic carbocycles. The van der Waals surface area contributed by atoms with Crippen LogP contribution < -0.4 is 15.0 Å². The number of fused-ring (bicyclic) bond motifs is 1. The number of benzene rings is 2. The quantitative estimate of drug-likeness (QED) is 0.296. The molecule has 2 atom stereocenters. The summed E-state index contributed by atoms with van der Waals surface area (Å²) in [5, 5.41) is 8.05. The van der Waals surface area contributed by atoms with Gasteiger partial charge in [0.2, 0.25) is 0 Å². The van der Waals surface area contributed by atoms with Gasteiger partial charge in [-0.3, -0.25) is 10.2 Å². The molecule has 0 saturated carbocycles. The molecule has 204 valence electrons. The second-order valence-electron chi connectivity index (χ2n) is 10.1. The van der Waals surface area contributed by atoms with Crippen molar-refractivity contribution in [3.8, 4) is 17.0 Å². The Morgan fingerprint density at radius 3 is 2.69 bits per heavy atom. The number of ether oxygens (including phenoxy) is 4. The van der Waals surface area contributed by atoms with Crippen LogP contribution in [0.25, 0.3) is 16.9 Å². The Balaban J connectivity index is 1.29. The highest BCUT2D eigenvalue weighted by molar-refractivity contribution is 5.86. The molecule has 2 aromatic heterocycles. The van der Waals surface area contributed by atoms with Crippen molar-refractivity contribution >= 4 is 17.6 Å². The van der Waals surface area contributed by atoms with E-state index >= 15 is 0 Å². The number of epoxide rings is 1. The highest BCUT2D eigenvalue weighted by Crippen LogP contribution is 2.26. The van der Waals surface area contributed by atoms with E-state index in [2.05, 4.69) is 10.3 Å². The number of imidazole rings is 1. The van der Waals surface area contributed by atoms with Crippen molar-refractivity contribution in [1.29, 1.82) is 0 Å². The molecule has 4 aromatic rings. The molecule has 10 heteroatoms. The summed E-state index contributed by atoms with van der Waals surface area (Å²) in [7, 11) is 1.63. The number of anilines is 1. The largest absolute Gasteiger partial charge is 0.497 e. The van der Waals surface area contributed by atoms with Gasteiger partial charge in [-0.25, -0.2) is 14.3 Å². The third-order valence-electron chi connectivity index (χ3n) is 5.99. The third-order valence-corrected chi connectivity index (χ3v) is 5.99. The van der Waals surface area contributed by atoms with Crippen molar-refractivity contribution < 1.29 is 23.7 Å². The van der Waals surface area contributed by atoms with Crippen LogP contribution in [0.3, 0.4) is 0 Å². The Labute approximate surface area is 227 Å². The van der Waals surface area contributed by atoms with Gasteiger partial charge in [0.15, 0.2) is 24.0 Å². The summed E-state index contributed by atoms with van der Waals surface area (Å²) in [6.07, 6.45) is 0.692. The van der Waals surface area contributed by atoms with Crippen LogP contribution in [0, 0.1) is 0 Å². The second kappa shape index (κ2) is 11.4. The molecule has 10 nitrogen and oxygen atoms in total. The van der Waals surface area contributed by atoms with Gasteiger partial charge in [0, 0.05) is 18.7 Å². The van der Waals surface area contributed by atoms with Gasteiger partial charge in [-0.15, -0.1) is 5.10 Å². The Kier molecular flexibility index (Phi) is 7.78. The zero-order valence-corrected chi connectivity index (χ0v) is 22.5. The Morgan fingerprint density at radius 1 is 1.10 bits per heavy atom. The zero-order valence-electron chi connectivity index (χ0n) is 22.5. The van der Waals surface area contributed by atoms with Crippen molar-refractivity contribution in [2.75, 3.05) is 25.1 Å². The summed E-state index contributed by atoms with van der Waals surface area (Å²) in [5.74, 6) is 1.17. The average molecular weight is 532 g/mol. The van der Waals surface area contributed by atoms with Crippen LogP contribution in [0.1, 0.15) is 26.3 Å². The molecule has 0 aliphatic carbocycles. The molecule has 39 heavy (non-hydrogen) atoms. The summed E-state index contributed by atoms with van der Waals surface area (Å²) in [4.78, 5) is 19.2. The number of nitrogens with zero attached hydrogens (tertiary/aromatic N) is 4. The minimum Gasteiger partial charge on any atom is -0.497 e. The summed E-state index contributed by atoms with van der Waals surface area (Å²) in [5.41, 5.74) is 2.74. The Morgan fingerprint density at radius 2 is 1.92 bits per heavy atom. The van der Waals surface area contributed by atoms with Crippen molar-refractivity contribution in [3.63, 3.8) is 0 Å². The van der Waals surface area contributed by atoms with Crippen molar-refractivity contribution in [2.45, 2.75) is 45.5 Å². The van der Waals surface area contributed by atoms with E-state index in [0.717, 1.165) is 22.6 Å². The number of aromatic nitrogens is 3. The van der Waals surface area contributed by atoms with Gasteiger partial charge >= 0.3 is 6.09 Å². The average Bonchev–Trinajstić information content (AvgIpc) is 3.54.